The Morgan fingerprint density at radius 3 is 2.09 bits per heavy atom. The minimum Gasteiger partial charge on any atom is -0.493 e. The number of halogens is 2. The molecule has 0 aliphatic rings. The van der Waals surface area contributed by atoms with Crippen molar-refractivity contribution in [1.29, 1.82) is 0 Å². The molecular weight excluding hydrogens is 493 g/mol. The lowest BCUT2D eigenvalue weighted by Gasteiger charge is -2.11. The summed E-state index contributed by atoms with van der Waals surface area (Å²) < 4.78 is 10.8. The summed E-state index contributed by atoms with van der Waals surface area (Å²) in [6, 6.07) is 16.2. The normalized spacial score (nSPS) is 10.9. The number of hydrazone groups is 1. The SMILES string of the molecule is COc1cc(/C(C)=N/NC(=O)C(=O)Nc2cc(Cl)cc(Cl)c2)ccc1OC(=O)c1ccc(C)cc1. The zero-order valence-electron chi connectivity index (χ0n) is 19.0. The predicted octanol–water partition coefficient (Wildman–Crippen LogP) is 5.01. The Balaban J connectivity index is 1.66. The van der Waals surface area contributed by atoms with Crippen molar-refractivity contribution in [2.24, 2.45) is 5.10 Å². The molecule has 0 saturated heterocycles. The number of anilines is 1. The maximum atomic E-state index is 12.4. The monoisotopic (exact) mass is 513 g/mol. The lowest BCUT2D eigenvalue weighted by Crippen LogP contribution is -2.32. The van der Waals surface area contributed by atoms with Crippen LogP contribution in [0.1, 0.15) is 28.4 Å². The number of carbonyl (C=O) groups is 3. The number of ether oxygens (including phenoxy) is 2. The van der Waals surface area contributed by atoms with Gasteiger partial charge in [0.25, 0.3) is 0 Å². The van der Waals surface area contributed by atoms with Crippen molar-refractivity contribution < 1.29 is 23.9 Å². The van der Waals surface area contributed by atoms with E-state index in [1.54, 1.807) is 37.3 Å². The van der Waals surface area contributed by atoms with Crippen molar-refractivity contribution in [2.75, 3.05) is 12.4 Å². The standard InChI is InChI=1S/C25H21Cl2N3O5/c1-14-4-6-16(7-5-14)25(33)35-21-9-8-17(10-22(21)34-3)15(2)29-30-24(32)23(31)28-20-12-18(26)11-19(27)13-20/h4-13H,1-3H3,(H,28,31)(H,30,32)/b29-15+. The molecule has 3 rings (SSSR count). The summed E-state index contributed by atoms with van der Waals surface area (Å²) in [5.41, 5.74) is 4.83. The summed E-state index contributed by atoms with van der Waals surface area (Å²) in [6.45, 7) is 3.55. The molecular formula is C25H21Cl2N3O5. The maximum Gasteiger partial charge on any atom is 0.343 e. The second-order valence-electron chi connectivity index (χ2n) is 7.37. The molecule has 2 N–H and O–H groups in total. The topological polar surface area (TPSA) is 106 Å². The quantitative estimate of drug-likeness (QED) is 0.158. The highest BCUT2D eigenvalue weighted by Crippen LogP contribution is 2.29. The summed E-state index contributed by atoms with van der Waals surface area (Å²) in [5, 5.41) is 6.96. The van der Waals surface area contributed by atoms with Crippen LogP contribution < -0.4 is 20.2 Å². The highest BCUT2D eigenvalue weighted by molar-refractivity contribution is 6.40. The fourth-order valence-corrected chi connectivity index (χ4v) is 3.42. The molecule has 3 aromatic rings. The van der Waals surface area contributed by atoms with Crippen LogP contribution in [0.5, 0.6) is 11.5 Å². The number of benzene rings is 3. The number of hydrogen-bond donors (Lipinski definition) is 2. The third-order valence-corrected chi connectivity index (χ3v) is 5.16. The van der Waals surface area contributed by atoms with Gasteiger partial charge in [0.15, 0.2) is 11.5 Å². The molecule has 35 heavy (non-hydrogen) atoms. The molecule has 0 radical (unpaired) electrons. The molecule has 8 nitrogen and oxygen atoms in total. The third-order valence-electron chi connectivity index (χ3n) is 4.72. The predicted molar refractivity (Wildman–Crippen MR) is 135 cm³/mol. The Labute approximate surface area is 211 Å². The number of carbonyl (C=O) groups excluding carboxylic acids is 3. The molecule has 180 valence electrons. The minimum absolute atomic E-state index is 0.221. The van der Waals surface area contributed by atoms with Crippen LogP contribution in [0, 0.1) is 6.92 Å². The van der Waals surface area contributed by atoms with Crippen LogP contribution in [-0.2, 0) is 9.59 Å². The lowest BCUT2D eigenvalue weighted by molar-refractivity contribution is -0.136. The van der Waals surface area contributed by atoms with Gasteiger partial charge in [0.05, 0.1) is 18.4 Å². The van der Waals surface area contributed by atoms with E-state index < -0.39 is 17.8 Å². The summed E-state index contributed by atoms with van der Waals surface area (Å²) in [5.74, 6) is -1.95. The van der Waals surface area contributed by atoms with Crippen molar-refractivity contribution in [2.45, 2.75) is 13.8 Å². The summed E-state index contributed by atoms with van der Waals surface area (Å²) in [4.78, 5) is 36.7. The first kappa shape index (κ1) is 25.7. The molecule has 0 spiro atoms. The molecule has 0 aliphatic carbocycles. The molecule has 0 aliphatic heterocycles. The van der Waals surface area contributed by atoms with Crippen LogP contribution in [-0.4, -0.2) is 30.6 Å². The van der Waals surface area contributed by atoms with Gasteiger partial charge in [0.1, 0.15) is 0 Å². The highest BCUT2D eigenvalue weighted by Gasteiger charge is 2.16. The molecule has 10 heteroatoms. The van der Waals surface area contributed by atoms with E-state index in [1.165, 1.54) is 25.3 Å². The Morgan fingerprint density at radius 2 is 1.46 bits per heavy atom. The average molecular weight is 514 g/mol. The second-order valence-corrected chi connectivity index (χ2v) is 8.24. The first-order valence-corrected chi connectivity index (χ1v) is 11.0. The van der Waals surface area contributed by atoms with Crippen LogP contribution in [0.25, 0.3) is 0 Å². The fraction of sp³-hybridized carbons (Fsp3) is 0.120. The number of rotatable bonds is 6. The zero-order valence-corrected chi connectivity index (χ0v) is 20.5. The molecule has 0 aromatic heterocycles. The van der Waals surface area contributed by atoms with Gasteiger partial charge in [-0.05, 0) is 62.4 Å². The Morgan fingerprint density at radius 1 is 0.829 bits per heavy atom. The fourth-order valence-electron chi connectivity index (χ4n) is 2.89. The van der Waals surface area contributed by atoms with Gasteiger partial charge in [-0.15, -0.1) is 0 Å². The first-order chi connectivity index (χ1) is 16.7. The molecule has 3 aromatic carbocycles. The van der Waals surface area contributed by atoms with Crippen LogP contribution in [0.4, 0.5) is 5.69 Å². The summed E-state index contributed by atoms with van der Waals surface area (Å²) in [6.07, 6.45) is 0. The first-order valence-electron chi connectivity index (χ1n) is 10.2. The number of nitrogens with zero attached hydrogens (tertiary/aromatic N) is 1. The molecule has 0 atom stereocenters. The number of esters is 1. The van der Waals surface area contributed by atoms with Gasteiger partial charge in [-0.1, -0.05) is 40.9 Å². The van der Waals surface area contributed by atoms with Gasteiger partial charge in [-0.25, -0.2) is 10.2 Å². The number of hydrogen-bond acceptors (Lipinski definition) is 6. The van der Waals surface area contributed by atoms with Crippen molar-refractivity contribution >= 4 is 52.4 Å². The van der Waals surface area contributed by atoms with Gasteiger partial charge < -0.3 is 14.8 Å². The van der Waals surface area contributed by atoms with Gasteiger partial charge in [-0.2, -0.15) is 5.10 Å². The van der Waals surface area contributed by atoms with Crippen molar-refractivity contribution in [3.8, 4) is 11.5 Å². The van der Waals surface area contributed by atoms with E-state index in [2.05, 4.69) is 15.8 Å². The molecule has 2 amide bonds. The molecule has 0 bridgehead atoms. The van der Waals surface area contributed by atoms with Gasteiger partial charge in [-0.3, -0.25) is 9.59 Å². The third kappa shape index (κ3) is 7.05. The second kappa shape index (κ2) is 11.5. The van der Waals surface area contributed by atoms with Gasteiger partial charge in [0, 0.05) is 21.3 Å². The summed E-state index contributed by atoms with van der Waals surface area (Å²) in [7, 11) is 1.43. The number of methoxy groups -OCH3 is 1. The van der Waals surface area contributed by atoms with E-state index in [1.807, 2.05) is 19.1 Å². The number of aryl methyl sites for hydroxylation is 1. The average Bonchev–Trinajstić information content (AvgIpc) is 2.82. The smallest absolute Gasteiger partial charge is 0.343 e. The van der Waals surface area contributed by atoms with E-state index in [4.69, 9.17) is 32.7 Å². The Bertz CT molecular complexity index is 1290. The van der Waals surface area contributed by atoms with E-state index in [-0.39, 0.29) is 11.4 Å². The number of amides is 2. The van der Waals surface area contributed by atoms with Crippen molar-refractivity contribution in [3.63, 3.8) is 0 Å². The van der Waals surface area contributed by atoms with Crippen LogP contribution >= 0.6 is 23.2 Å². The van der Waals surface area contributed by atoms with E-state index in [0.717, 1.165) is 5.56 Å². The van der Waals surface area contributed by atoms with E-state index >= 15 is 0 Å². The summed E-state index contributed by atoms with van der Waals surface area (Å²) >= 11 is 11.8. The highest BCUT2D eigenvalue weighted by atomic mass is 35.5. The van der Waals surface area contributed by atoms with E-state index in [9.17, 15) is 14.4 Å². The van der Waals surface area contributed by atoms with Crippen LogP contribution in [0.3, 0.4) is 0 Å². The van der Waals surface area contributed by atoms with Gasteiger partial charge >= 0.3 is 17.8 Å². The Kier molecular flexibility index (Phi) is 8.46. The van der Waals surface area contributed by atoms with E-state index in [0.29, 0.717) is 32.6 Å². The lowest BCUT2D eigenvalue weighted by atomic mass is 10.1. The number of nitrogens with one attached hydrogen (secondary N) is 2. The van der Waals surface area contributed by atoms with Crippen molar-refractivity contribution in [3.05, 3.63) is 87.4 Å². The Hall–Kier alpha value is -3.88. The van der Waals surface area contributed by atoms with Crippen LogP contribution in [0.2, 0.25) is 10.0 Å². The van der Waals surface area contributed by atoms with Crippen molar-refractivity contribution in [1.82, 2.24) is 5.43 Å². The maximum absolute atomic E-state index is 12.4. The van der Waals surface area contributed by atoms with Gasteiger partial charge in [0.2, 0.25) is 0 Å². The zero-order chi connectivity index (χ0) is 25.5. The molecule has 0 saturated carbocycles. The molecule has 0 fully saturated rings. The largest absolute Gasteiger partial charge is 0.493 e. The molecule has 0 unspecified atom stereocenters. The minimum atomic E-state index is -0.990. The van der Waals surface area contributed by atoms with Crippen LogP contribution in [0.15, 0.2) is 65.8 Å². The molecule has 0 heterocycles.